The van der Waals surface area contributed by atoms with Gasteiger partial charge >= 0.3 is 5.97 Å². The molecule has 1 unspecified atom stereocenters. The maximum atomic E-state index is 13.2. The maximum absolute atomic E-state index is 13.2. The van der Waals surface area contributed by atoms with Crippen LogP contribution in [0.1, 0.15) is 78.2 Å². The quantitative estimate of drug-likeness (QED) is 0.307. The number of nitrogens with zero attached hydrogens (tertiary/aromatic N) is 2. The highest BCUT2D eigenvalue weighted by Gasteiger charge is 2.30. The molecule has 9 nitrogen and oxygen atoms in total. The van der Waals surface area contributed by atoms with Crippen LogP contribution in [-0.4, -0.2) is 64.4 Å². The van der Waals surface area contributed by atoms with Gasteiger partial charge in [-0.2, -0.15) is 9.03 Å². The molecule has 12 heteroatoms. The van der Waals surface area contributed by atoms with E-state index in [0.29, 0.717) is 34.8 Å². The molecule has 1 atom stereocenters. The number of hydrogen-bond donors (Lipinski definition) is 2. The number of nitrogens with one attached hydrogen (secondary N) is 1. The van der Waals surface area contributed by atoms with Crippen molar-refractivity contribution >= 4 is 43.3 Å². The Labute approximate surface area is 268 Å². The lowest BCUT2D eigenvalue weighted by atomic mass is 9.87. The standard InChI is InChI=1S/C32H46ClN3O6S2/c1-23(31(37)38)34-43(39,40)28-12-13-30(29(33)22-28)35-18-14-24(15-19-35)6-5-7-25-16-20-36(21-17-25)44(41,42)27-10-8-26(9-11-27)32(2,3)4/h8-13,22-25,34H,5-7,14-21H2,1-4H3,(H,37,38). The predicted octanol–water partition coefficient (Wildman–Crippen LogP) is 5.88. The van der Waals surface area contributed by atoms with Crippen molar-refractivity contribution in [2.75, 3.05) is 31.1 Å². The molecule has 2 N–H and O–H groups in total. The number of anilines is 1. The minimum Gasteiger partial charge on any atom is -0.480 e. The second-order valence-corrected chi connectivity index (χ2v) is 17.3. The van der Waals surface area contributed by atoms with Crippen LogP contribution in [0, 0.1) is 11.8 Å². The van der Waals surface area contributed by atoms with Gasteiger partial charge in [-0.3, -0.25) is 4.79 Å². The SMILES string of the molecule is CC(NS(=O)(=O)c1ccc(N2CCC(CCCC3CCN(S(=O)(=O)c4ccc(C(C)(C)C)cc4)CC3)CC2)c(Cl)c1)C(=O)O. The van der Waals surface area contributed by atoms with E-state index in [-0.39, 0.29) is 10.3 Å². The predicted molar refractivity (Wildman–Crippen MR) is 174 cm³/mol. The van der Waals surface area contributed by atoms with Gasteiger partial charge in [-0.1, -0.05) is 63.8 Å². The van der Waals surface area contributed by atoms with Crippen molar-refractivity contribution in [1.82, 2.24) is 9.03 Å². The van der Waals surface area contributed by atoms with Crippen molar-refractivity contribution < 1.29 is 26.7 Å². The molecule has 0 amide bonds. The van der Waals surface area contributed by atoms with Gasteiger partial charge in [0.2, 0.25) is 20.0 Å². The van der Waals surface area contributed by atoms with Crippen molar-refractivity contribution in [2.24, 2.45) is 11.8 Å². The average Bonchev–Trinajstić information content (AvgIpc) is 2.97. The lowest BCUT2D eigenvalue weighted by molar-refractivity contribution is -0.138. The Hall–Kier alpha value is -2.18. The van der Waals surface area contributed by atoms with Crippen molar-refractivity contribution in [1.29, 1.82) is 0 Å². The highest BCUT2D eigenvalue weighted by atomic mass is 35.5. The average molecular weight is 668 g/mol. The molecule has 2 saturated heterocycles. The van der Waals surface area contributed by atoms with E-state index < -0.39 is 32.1 Å². The third-order valence-electron chi connectivity index (χ3n) is 9.04. The first-order chi connectivity index (χ1) is 20.6. The van der Waals surface area contributed by atoms with Crippen LogP contribution >= 0.6 is 11.6 Å². The Kier molecular flexibility index (Phi) is 11.1. The van der Waals surface area contributed by atoms with Gasteiger partial charge in [0, 0.05) is 26.2 Å². The monoisotopic (exact) mass is 667 g/mol. The lowest BCUT2D eigenvalue weighted by Gasteiger charge is -2.35. The van der Waals surface area contributed by atoms with Crippen LogP contribution in [0.15, 0.2) is 52.3 Å². The molecule has 2 aromatic carbocycles. The summed E-state index contributed by atoms with van der Waals surface area (Å²) in [6.45, 7) is 10.4. The first-order valence-corrected chi connectivity index (χ1v) is 18.8. The van der Waals surface area contributed by atoms with Crippen molar-refractivity contribution in [2.45, 2.75) is 93.9 Å². The van der Waals surface area contributed by atoms with E-state index in [1.54, 1.807) is 22.5 Å². The first kappa shape index (κ1) is 34.7. The highest BCUT2D eigenvalue weighted by Crippen LogP contribution is 2.34. The van der Waals surface area contributed by atoms with Crippen LogP contribution in [0.2, 0.25) is 5.02 Å². The lowest BCUT2D eigenvalue weighted by Crippen LogP contribution is -2.38. The summed E-state index contributed by atoms with van der Waals surface area (Å²) >= 11 is 6.48. The van der Waals surface area contributed by atoms with E-state index in [1.165, 1.54) is 19.1 Å². The third kappa shape index (κ3) is 8.54. The van der Waals surface area contributed by atoms with Gasteiger partial charge in [-0.25, -0.2) is 16.8 Å². The van der Waals surface area contributed by atoms with Gasteiger partial charge in [-0.05, 0) is 85.8 Å². The van der Waals surface area contributed by atoms with Gasteiger partial charge in [0.1, 0.15) is 6.04 Å². The third-order valence-corrected chi connectivity index (χ3v) is 12.8. The number of hydrogen-bond acceptors (Lipinski definition) is 6. The summed E-state index contributed by atoms with van der Waals surface area (Å²) in [6.07, 6.45) is 7.23. The van der Waals surface area contributed by atoms with E-state index in [1.807, 2.05) is 12.1 Å². The van der Waals surface area contributed by atoms with Gasteiger partial charge in [0.05, 0.1) is 20.5 Å². The number of benzene rings is 2. The van der Waals surface area contributed by atoms with Gasteiger partial charge in [0.15, 0.2) is 0 Å². The highest BCUT2D eigenvalue weighted by molar-refractivity contribution is 7.89. The molecule has 2 aliphatic rings. The zero-order chi connectivity index (χ0) is 32.3. The van der Waals surface area contributed by atoms with Crippen molar-refractivity contribution in [3.05, 3.63) is 53.1 Å². The summed E-state index contributed by atoms with van der Waals surface area (Å²) in [5, 5.41) is 9.34. The Balaban J connectivity index is 1.20. The smallest absolute Gasteiger partial charge is 0.321 e. The molecule has 0 aromatic heterocycles. The molecule has 0 radical (unpaired) electrons. The molecule has 2 fully saturated rings. The van der Waals surface area contributed by atoms with E-state index in [9.17, 15) is 21.6 Å². The van der Waals surface area contributed by atoms with Crippen LogP contribution in [0.5, 0.6) is 0 Å². The summed E-state index contributed by atoms with van der Waals surface area (Å²) in [5.41, 5.74) is 1.88. The van der Waals surface area contributed by atoms with E-state index in [0.717, 1.165) is 69.3 Å². The van der Waals surface area contributed by atoms with Crippen LogP contribution < -0.4 is 9.62 Å². The number of carboxylic acids is 1. The van der Waals surface area contributed by atoms with Crippen LogP contribution in [-0.2, 0) is 30.3 Å². The first-order valence-electron chi connectivity index (χ1n) is 15.5. The summed E-state index contributed by atoms with van der Waals surface area (Å²) in [6, 6.07) is 10.6. The van der Waals surface area contributed by atoms with Crippen LogP contribution in [0.3, 0.4) is 0 Å². The Morgan fingerprint density at radius 2 is 1.43 bits per heavy atom. The van der Waals surface area contributed by atoms with Gasteiger partial charge in [-0.15, -0.1) is 0 Å². The zero-order valence-electron chi connectivity index (χ0n) is 26.1. The number of rotatable bonds is 11. The molecule has 0 aliphatic carbocycles. The van der Waals surface area contributed by atoms with Crippen molar-refractivity contribution in [3.8, 4) is 0 Å². The molecule has 2 aromatic rings. The maximum Gasteiger partial charge on any atom is 0.321 e. The molecule has 2 aliphatic heterocycles. The Morgan fingerprint density at radius 1 is 0.909 bits per heavy atom. The zero-order valence-corrected chi connectivity index (χ0v) is 28.5. The van der Waals surface area contributed by atoms with Crippen LogP contribution in [0.4, 0.5) is 5.69 Å². The topological polar surface area (TPSA) is 124 Å². The Morgan fingerprint density at radius 3 is 1.93 bits per heavy atom. The molecular weight excluding hydrogens is 622 g/mol. The largest absolute Gasteiger partial charge is 0.480 e. The molecular formula is C32H46ClN3O6S2. The number of halogens is 1. The molecule has 4 rings (SSSR count). The Bertz CT molecular complexity index is 1510. The fraction of sp³-hybridized carbons (Fsp3) is 0.594. The fourth-order valence-electron chi connectivity index (χ4n) is 6.13. The molecule has 0 bridgehead atoms. The number of aliphatic carboxylic acids is 1. The second-order valence-electron chi connectivity index (χ2n) is 13.3. The summed E-state index contributed by atoms with van der Waals surface area (Å²) in [5.74, 6) is -0.0946. The van der Waals surface area contributed by atoms with Crippen molar-refractivity contribution in [3.63, 3.8) is 0 Å². The molecule has 244 valence electrons. The molecule has 2 heterocycles. The minimum absolute atomic E-state index is 0.0191. The number of sulfonamides is 2. The fourth-order valence-corrected chi connectivity index (χ4v) is 9.19. The summed E-state index contributed by atoms with van der Waals surface area (Å²) in [7, 11) is -7.47. The summed E-state index contributed by atoms with van der Waals surface area (Å²) < 4.78 is 55.3. The molecule has 0 spiro atoms. The van der Waals surface area contributed by atoms with Crippen LogP contribution in [0.25, 0.3) is 0 Å². The number of carboxylic acid groups (broad SMARTS) is 1. The normalized spacial score (nSPS) is 18.8. The second kappa shape index (κ2) is 14.1. The van der Waals surface area contributed by atoms with E-state index in [4.69, 9.17) is 16.7 Å². The van der Waals surface area contributed by atoms with Gasteiger partial charge in [0.25, 0.3) is 0 Å². The van der Waals surface area contributed by atoms with E-state index in [2.05, 4.69) is 30.4 Å². The van der Waals surface area contributed by atoms with E-state index >= 15 is 0 Å². The number of piperidine rings is 2. The number of carbonyl (C=O) groups is 1. The molecule has 44 heavy (non-hydrogen) atoms. The summed E-state index contributed by atoms with van der Waals surface area (Å²) in [4.78, 5) is 13.5. The minimum atomic E-state index is -4.00. The molecule has 0 saturated carbocycles. The van der Waals surface area contributed by atoms with Gasteiger partial charge < -0.3 is 10.0 Å².